The van der Waals surface area contributed by atoms with E-state index in [0.29, 0.717) is 15.3 Å². The number of hydrogen-bond donors (Lipinski definition) is 1. The highest BCUT2D eigenvalue weighted by atomic mass is 79.9. The van der Waals surface area contributed by atoms with Crippen molar-refractivity contribution in [2.24, 2.45) is 0 Å². The summed E-state index contributed by atoms with van der Waals surface area (Å²) >= 11 is 4.67. The van der Waals surface area contributed by atoms with Crippen LogP contribution in [0.1, 0.15) is 5.56 Å². The first-order valence-electron chi connectivity index (χ1n) is 5.92. The molecule has 1 heterocycles. The molecule has 0 saturated heterocycles. The van der Waals surface area contributed by atoms with Gasteiger partial charge < -0.3 is 5.32 Å². The standard InChI is InChI=1S/C14H8BrF3N2S/c15-9-2-1-3-10(7-9)19-13-20-11-6-8(14(16,17)18)4-5-12(11)21-13/h1-7H,(H,19,20). The van der Waals surface area contributed by atoms with E-state index in [1.165, 1.54) is 17.4 Å². The minimum atomic E-state index is -4.35. The Bertz CT molecular complexity index is 798. The summed E-state index contributed by atoms with van der Waals surface area (Å²) in [6, 6.07) is 11.1. The minimum absolute atomic E-state index is 0.340. The van der Waals surface area contributed by atoms with Crippen molar-refractivity contribution in [2.75, 3.05) is 5.32 Å². The highest BCUT2D eigenvalue weighted by molar-refractivity contribution is 9.10. The van der Waals surface area contributed by atoms with Crippen LogP contribution in [0.15, 0.2) is 46.9 Å². The van der Waals surface area contributed by atoms with Crippen LogP contribution in [-0.2, 0) is 6.18 Å². The lowest BCUT2D eigenvalue weighted by atomic mass is 10.2. The fraction of sp³-hybridized carbons (Fsp3) is 0.0714. The third-order valence-corrected chi connectivity index (χ3v) is 4.24. The van der Waals surface area contributed by atoms with Gasteiger partial charge in [0.15, 0.2) is 5.13 Å². The normalized spacial score (nSPS) is 11.8. The molecule has 1 N–H and O–H groups in total. The van der Waals surface area contributed by atoms with Gasteiger partial charge in [0.25, 0.3) is 0 Å². The summed E-state index contributed by atoms with van der Waals surface area (Å²) in [4.78, 5) is 4.20. The van der Waals surface area contributed by atoms with Gasteiger partial charge in [-0.05, 0) is 36.4 Å². The molecule has 0 atom stereocenters. The van der Waals surface area contributed by atoms with Gasteiger partial charge in [0.05, 0.1) is 15.8 Å². The maximum Gasteiger partial charge on any atom is 0.416 e. The van der Waals surface area contributed by atoms with Crippen LogP contribution >= 0.6 is 27.3 Å². The number of fused-ring (bicyclic) bond motifs is 1. The zero-order valence-corrected chi connectivity index (χ0v) is 12.8. The lowest BCUT2D eigenvalue weighted by molar-refractivity contribution is -0.137. The molecule has 0 bridgehead atoms. The number of thiazole rings is 1. The van der Waals surface area contributed by atoms with Crippen molar-refractivity contribution < 1.29 is 13.2 Å². The molecule has 0 fully saturated rings. The number of alkyl halides is 3. The molecule has 0 amide bonds. The van der Waals surface area contributed by atoms with E-state index in [0.717, 1.165) is 22.3 Å². The Kier molecular flexibility index (Phi) is 3.62. The van der Waals surface area contributed by atoms with Gasteiger partial charge in [0.1, 0.15) is 0 Å². The number of nitrogens with one attached hydrogen (secondary N) is 1. The van der Waals surface area contributed by atoms with Crippen LogP contribution in [0.25, 0.3) is 10.2 Å². The van der Waals surface area contributed by atoms with Gasteiger partial charge in [-0.15, -0.1) is 0 Å². The average molecular weight is 373 g/mol. The molecule has 3 aromatic rings. The molecule has 0 unspecified atom stereocenters. The number of rotatable bonds is 2. The fourth-order valence-corrected chi connectivity index (χ4v) is 3.11. The summed E-state index contributed by atoms with van der Waals surface area (Å²) in [7, 11) is 0. The monoisotopic (exact) mass is 372 g/mol. The molecule has 0 radical (unpaired) electrons. The summed E-state index contributed by atoms with van der Waals surface area (Å²) in [6.45, 7) is 0. The largest absolute Gasteiger partial charge is 0.416 e. The molecule has 0 aliphatic carbocycles. The van der Waals surface area contributed by atoms with Crippen LogP contribution in [0.4, 0.5) is 24.0 Å². The first-order chi connectivity index (χ1) is 9.91. The van der Waals surface area contributed by atoms with Gasteiger partial charge in [-0.25, -0.2) is 4.98 Å². The summed E-state index contributed by atoms with van der Waals surface area (Å²) < 4.78 is 39.6. The molecule has 0 saturated carbocycles. The predicted molar refractivity (Wildman–Crippen MR) is 82.0 cm³/mol. The second-order valence-electron chi connectivity index (χ2n) is 4.33. The van der Waals surface area contributed by atoms with Gasteiger partial charge in [0, 0.05) is 10.2 Å². The van der Waals surface area contributed by atoms with E-state index in [1.807, 2.05) is 24.3 Å². The summed E-state index contributed by atoms with van der Waals surface area (Å²) in [6.07, 6.45) is -4.35. The van der Waals surface area contributed by atoms with Crippen LogP contribution in [0, 0.1) is 0 Å². The fourth-order valence-electron chi connectivity index (χ4n) is 1.85. The molecule has 3 rings (SSSR count). The maximum absolute atomic E-state index is 12.7. The van der Waals surface area contributed by atoms with E-state index < -0.39 is 11.7 Å². The third-order valence-electron chi connectivity index (χ3n) is 2.79. The van der Waals surface area contributed by atoms with Crippen molar-refractivity contribution in [3.63, 3.8) is 0 Å². The second kappa shape index (κ2) is 5.31. The molecule has 7 heteroatoms. The molecular weight excluding hydrogens is 365 g/mol. The van der Waals surface area contributed by atoms with E-state index in [1.54, 1.807) is 0 Å². The van der Waals surface area contributed by atoms with Crippen LogP contribution in [0.3, 0.4) is 0 Å². The molecule has 21 heavy (non-hydrogen) atoms. The van der Waals surface area contributed by atoms with Crippen LogP contribution < -0.4 is 5.32 Å². The first kappa shape index (κ1) is 14.3. The highest BCUT2D eigenvalue weighted by Crippen LogP contribution is 2.34. The van der Waals surface area contributed by atoms with Crippen LogP contribution in [-0.4, -0.2) is 4.98 Å². The zero-order chi connectivity index (χ0) is 15.0. The molecular formula is C14H8BrF3N2S. The number of hydrogen-bond acceptors (Lipinski definition) is 3. The number of aromatic nitrogens is 1. The van der Waals surface area contributed by atoms with Gasteiger partial charge in [0.2, 0.25) is 0 Å². The summed E-state index contributed by atoms with van der Waals surface area (Å²) in [5, 5.41) is 3.65. The Hall–Kier alpha value is -1.60. The quantitative estimate of drug-likeness (QED) is 0.612. The van der Waals surface area contributed by atoms with Gasteiger partial charge >= 0.3 is 6.18 Å². The Morgan fingerprint density at radius 3 is 2.62 bits per heavy atom. The highest BCUT2D eigenvalue weighted by Gasteiger charge is 2.30. The van der Waals surface area contributed by atoms with Crippen molar-refractivity contribution >= 4 is 48.3 Å². The molecule has 2 aromatic carbocycles. The molecule has 108 valence electrons. The second-order valence-corrected chi connectivity index (χ2v) is 6.28. The molecule has 2 nitrogen and oxygen atoms in total. The van der Waals surface area contributed by atoms with Gasteiger partial charge in [-0.2, -0.15) is 13.2 Å². The number of anilines is 2. The smallest absolute Gasteiger partial charge is 0.331 e. The first-order valence-corrected chi connectivity index (χ1v) is 7.53. The lowest BCUT2D eigenvalue weighted by Crippen LogP contribution is -2.03. The third kappa shape index (κ3) is 3.19. The number of halogens is 4. The maximum atomic E-state index is 12.7. The summed E-state index contributed by atoms with van der Waals surface area (Å²) in [5.74, 6) is 0. The Labute approximate surface area is 130 Å². The minimum Gasteiger partial charge on any atom is -0.331 e. The number of nitrogens with zero attached hydrogens (tertiary/aromatic N) is 1. The average Bonchev–Trinajstić information content (AvgIpc) is 2.78. The van der Waals surface area contributed by atoms with Crippen molar-refractivity contribution in [1.29, 1.82) is 0 Å². The van der Waals surface area contributed by atoms with E-state index >= 15 is 0 Å². The summed E-state index contributed by atoms with van der Waals surface area (Å²) in [5.41, 5.74) is 0.473. The van der Waals surface area contributed by atoms with Crippen molar-refractivity contribution in [2.45, 2.75) is 6.18 Å². The topological polar surface area (TPSA) is 24.9 Å². The van der Waals surface area contributed by atoms with E-state index in [-0.39, 0.29) is 0 Å². The zero-order valence-electron chi connectivity index (χ0n) is 10.4. The van der Waals surface area contributed by atoms with Crippen molar-refractivity contribution in [3.05, 3.63) is 52.5 Å². The molecule has 0 aliphatic heterocycles. The molecule has 0 spiro atoms. The van der Waals surface area contributed by atoms with Crippen molar-refractivity contribution in [3.8, 4) is 0 Å². The Morgan fingerprint density at radius 1 is 1.10 bits per heavy atom. The lowest BCUT2D eigenvalue weighted by Gasteiger charge is -2.04. The molecule has 0 aliphatic rings. The SMILES string of the molecule is FC(F)(F)c1ccc2sc(Nc3cccc(Br)c3)nc2c1. The number of benzene rings is 2. The molecule has 1 aromatic heterocycles. The van der Waals surface area contributed by atoms with Gasteiger partial charge in [-0.3, -0.25) is 0 Å². The van der Waals surface area contributed by atoms with Crippen LogP contribution in [0.5, 0.6) is 0 Å². The Balaban J connectivity index is 1.94. The van der Waals surface area contributed by atoms with E-state index in [2.05, 4.69) is 26.2 Å². The van der Waals surface area contributed by atoms with E-state index in [9.17, 15) is 13.2 Å². The van der Waals surface area contributed by atoms with E-state index in [4.69, 9.17) is 0 Å². The Morgan fingerprint density at radius 2 is 1.90 bits per heavy atom. The van der Waals surface area contributed by atoms with Crippen molar-refractivity contribution in [1.82, 2.24) is 4.98 Å². The van der Waals surface area contributed by atoms with Gasteiger partial charge in [-0.1, -0.05) is 33.3 Å². The predicted octanol–water partition coefficient (Wildman–Crippen LogP) is 5.82. The van der Waals surface area contributed by atoms with Crippen LogP contribution in [0.2, 0.25) is 0 Å².